The summed E-state index contributed by atoms with van der Waals surface area (Å²) in [7, 11) is 1.78. The minimum Gasteiger partial charge on any atom is -0.374 e. The van der Waals surface area contributed by atoms with Crippen molar-refractivity contribution in [1.82, 2.24) is 10.2 Å². The number of rotatable bonds is 5. The van der Waals surface area contributed by atoms with E-state index in [2.05, 4.69) is 48.3 Å². The monoisotopic (exact) mass is 262 g/mol. The predicted octanol–water partition coefficient (Wildman–Crippen LogP) is 2.02. The number of nitrogens with zero attached hydrogens (tertiary/aromatic N) is 1. The Morgan fingerprint density at radius 1 is 1.21 bits per heavy atom. The zero-order valence-electron chi connectivity index (χ0n) is 12.4. The second-order valence-electron chi connectivity index (χ2n) is 5.71. The number of hydrogen-bond donors (Lipinski definition) is 1. The molecule has 0 aromatic heterocycles. The van der Waals surface area contributed by atoms with E-state index in [0.717, 1.165) is 39.1 Å². The molecule has 0 atom stereocenters. The van der Waals surface area contributed by atoms with Crippen molar-refractivity contribution in [2.45, 2.75) is 25.9 Å². The van der Waals surface area contributed by atoms with Gasteiger partial charge in [0.2, 0.25) is 0 Å². The lowest BCUT2D eigenvalue weighted by atomic mass is 9.91. The zero-order chi connectivity index (χ0) is 13.7. The molecule has 0 aliphatic carbocycles. The van der Waals surface area contributed by atoms with Crippen LogP contribution in [-0.4, -0.2) is 44.7 Å². The average molecular weight is 262 g/mol. The van der Waals surface area contributed by atoms with Gasteiger partial charge in [-0.15, -0.1) is 0 Å². The van der Waals surface area contributed by atoms with Gasteiger partial charge in [-0.25, -0.2) is 0 Å². The Labute approximate surface area is 116 Å². The third-order valence-corrected chi connectivity index (χ3v) is 4.08. The molecule has 0 saturated carbocycles. The Morgan fingerprint density at radius 3 is 2.58 bits per heavy atom. The SMILES string of the molecule is COC(C)(C)c1ccccc1CCN1CCNCC1. The van der Waals surface area contributed by atoms with Gasteiger partial charge in [0.1, 0.15) is 0 Å². The summed E-state index contributed by atoms with van der Waals surface area (Å²) >= 11 is 0. The molecule has 1 aliphatic rings. The minimum absolute atomic E-state index is 0.208. The molecular formula is C16H26N2O. The van der Waals surface area contributed by atoms with E-state index in [-0.39, 0.29) is 5.60 Å². The number of nitrogens with one attached hydrogen (secondary N) is 1. The first kappa shape index (κ1) is 14.5. The first-order valence-corrected chi connectivity index (χ1v) is 7.20. The number of ether oxygens (including phenoxy) is 1. The van der Waals surface area contributed by atoms with E-state index in [9.17, 15) is 0 Å². The Bertz CT molecular complexity index is 397. The third kappa shape index (κ3) is 3.78. The largest absolute Gasteiger partial charge is 0.374 e. The first-order chi connectivity index (χ1) is 9.13. The second kappa shape index (κ2) is 6.51. The highest BCUT2D eigenvalue weighted by atomic mass is 16.5. The number of piperazine rings is 1. The summed E-state index contributed by atoms with van der Waals surface area (Å²) in [5.74, 6) is 0. The van der Waals surface area contributed by atoms with Crippen LogP contribution < -0.4 is 5.32 Å². The van der Waals surface area contributed by atoms with Gasteiger partial charge in [-0.3, -0.25) is 0 Å². The van der Waals surface area contributed by atoms with Crippen LogP contribution in [0, 0.1) is 0 Å². The maximum Gasteiger partial charge on any atom is 0.0874 e. The van der Waals surface area contributed by atoms with E-state index in [4.69, 9.17) is 4.74 Å². The van der Waals surface area contributed by atoms with Crippen molar-refractivity contribution in [3.05, 3.63) is 35.4 Å². The molecule has 1 heterocycles. The van der Waals surface area contributed by atoms with Gasteiger partial charge in [0, 0.05) is 39.8 Å². The van der Waals surface area contributed by atoms with Gasteiger partial charge < -0.3 is 15.0 Å². The van der Waals surface area contributed by atoms with Crippen LogP contribution in [0.2, 0.25) is 0 Å². The third-order valence-electron chi connectivity index (χ3n) is 4.08. The second-order valence-corrected chi connectivity index (χ2v) is 5.71. The Kier molecular flexibility index (Phi) is 4.97. The van der Waals surface area contributed by atoms with Crippen LogP contribution in [0.3, 0.4) is 0 Å². The van der Waals surface area contributed by atoms with E-state index in [1.807, 2.05) is 0 Å². The van der Waals surface area contributed by atoms with Crippen molar-refractivity contribution in [2.24, 2.45) is 0 Å². The lowest BCUT2D eigenvalue weighted by Gasteiger charge is -2.29. The predicted molar refractivity (Wildman–Crippen MR) is 79.5 cm³/mol. The van der Waals surface area contributed by atoms with Gasteiger partial charge in [-0.2, -0.15) is 0 Å². The quantitative estimate of drug-likeness (QED) is 0.878. The topological polar surface area (TPSA) is 24.5 Å². The van der Waals surface area contributed by atoms with Crippen LogP contribution in [0.25, 0.3) is 0 Å². The lowest BCUT2D eigenvalue weighted by Crippen LogP contribution is -2.44. The molecule has 1 aromatic rings. The van der Waals surface area contributed by atoms with Crippen molar-refractivity contribution in [3.63, 3.8) is 0 Å². The molecule has 1 fully saturated rings. The molecule has 1 N–H and O–H groups in total. The minimum atomic E-state index is -0.208. The maximum atomic E-state index is 5.63. The highest BCUT2D eigenvalue weighted by Gasteiger charge is 2.22. The van der Waals surface area contributed by atoms with Gasteiger partial charge in [-0.05, 0) is 31.4 Å². The molecule has 0 unspecified atom stereocenters. The summed E-state index contributed by atoms with van der Waals surface area (Å²) in [6.07, 6.45) is 1.10. The highest BCUT2D eigenvalue weighted by Crippen LogP contribution is 2.27. The molecule has 3 heteroatoms. The van der Waals surface area contributed by atoms with E-state index >= 15 is 0 Å². The maximum absolute atomic E-state index is 5.63. The molecule has 0 amide bonds. The Morgan fingerprint density at radius 2 is 1.89 bits per heavy atom. The zero-order valence-corrected chi connectivity index (χ0v) is 12.4. The fourth-order valence-electron chi connectivity index (χ4n) is 2.65. The molecule has 0 spiro atoms. The highest BCUT2D eigenvalue weighted by molar-refractivity contribution is 5.32. The van der Waals surface area contributed by atoms with Gasteiger partial charge in [-0.1, -0.05) is 24.3 Å². The van der Waals surface area contributed by atoms with Crippen LogP contribution in [0.15, 0.2) is 24.3 Å². The summed E-state index contributed by atoms with van der Waals surface area (Å²) in [5.41, 5.74) is 2.51. The van der Waals surface area contributed by atoms with Crippen LogP contribution in [0.5, 0.6) is 0 Å². The number of benzene rings is 1. The molecular weight excluding hydrogens is 236 g/mol. The Balaban J connectivity index is 2.03. The molecule has 106 valence electrons. The van der Waals surface area contributed by atoms with E-state index in [0.29, 0.717) is 0 Å². The normalized spacial score (nSPS) is 17.6. The van der Waals surface area contributed by atoms with Gasteiger partial charge >= 0.3 is 0 Å². The van der Waals surface area contributed by atoms with Crippen LogP contribution in [0.4, 0.5) is 0 Å². The molecule has 1 aliphatic heterocycles. The van der Waals surface area contributed by atoms with Crippen LogP contribution in [-0.2, 0) is 16.8 Å². The standard InChI is InChI=1S/C16H26N2O/c1-16(2,19-3)15-7-5-4-6-14(15)8-11-18-12-9-17-10-13-18/h4-7,17H,8-13H2,1-3H3. The number of hydrogen-bond acceptors (Lipinski definition) is 3. The van der Waals surface area contributed by atoms with Crippen molar-refractivity contribution in [3.8, 4) is 0 Å². The molecule has 0 bridgehead atoms. The summed E-state index contributed by atoms with van der Waals surface area (Å²) in [5, 5.41) is 3.40. The number of methoxy groups -OCH3 is 1. The van der Waals surface area contributed by atoms with Gasteiger partial charge in [0.15, 0.2) is 0 Å². The van der Waals surface area contributed by atoms with Crippen molar-refractivity contribution in [2.75, 3.05) is 39.8 Å². The van der Waals surface area contributed by atoms with E-state index in [1.54, 1.807) is 7.11 Å². The fourth-order valence-corrected chi connectivity index (χ4v) is 2.65. The lowest BCUT2D eigenvalue weighted by molar-refractivity contribution is 0.0184. The average Bonchev–Trinajstić information content (AvgIpc) is 2.46. The molecule has 1 saturated heterocycles. The summed E-state index contributed by atoms with van der Waals surface area (Å²) in [6, 6.07) is 8.65. The van der Waals surface area contributed by atoms with Crippen molar-refractivity contribution >= 4 is 0 Å². The van der Waals surface area contributed by atoms with Crippen molar-refractivity contribution < 1.29 is 4.74 Å². The summed E-state index contributed by atoms with van der Waals surface area (Å²) in [4.78, 5) is 2.53. The van der Waals surface area contributed by atoms with Gasteiger partial charge in [0.25, 0.3) is 0 Å². The molecule has 0 radical (unpaired) electrons. The van der Waals surface area contributed by atoms with Crippen LogP contribution >= 0.6 is 0 Å². The van der Waals surface area contributed by atoms with Gasteiger partial charge in [0.05, 0.1) is 5.60 Å². The Hall–Kier alpha value is -0.900. The smallest absolute Gasteiger partial charge is 0.0874 e. The molecule has 2 rings (SSSR count). The van der Waals surface area contributed by atoms with E-state index in [1.165, 1.54) is 11.1 Å². The fraction of sp³-hybridized carbons (Fsp3) is 0.625. The van der Waals surface area contributed by atoms with E-state index < -0.39 is 0 Å². The molecule has 1 aromatic carbocycles. The summed E-state index contributed by atoms with van der Waals surface area (Å²) in [6.45, 7) is 9.97. The molecule has 3 nitrogen and oxygen atoms in total. The van der Waals surface area contributed by atoms with Crippen molar-refractivity contribution in [1.29, 1.82) is 0 Å². The van der Waals surface area contributed by atoms with Crippen LogP contribution in [0.1, 0.15) is 25.0 Å². The molecule has 19 heavy (non-hydrogen) atoms. The first-order valence-electron chi connectivity index (χ1n) is 7.20. The summed E-state index contributed by atoms with van der Waals surface area (Å²) < 4.78 is 5.63.